The van der Waals surface area contributed by atoms with E-state index in [9.17, 15) is 19.5 Å². The topological polar surface area (TPSA) is 108 Å². The molecule has 3 aromatic rings. The zero-order chi connectivity index (χ0) is 22.1. The number of carbonyl (C=O) groups excluding carboxylic acids is 1. The second-order valence-corrected chi connectivity index (χ2v) is 7.66. The Labute approximate surface area is 178 Å². The second kappa shape index (κ2) is 8.22. The van der Waals surface area contributed by atoms with E-state index < -0.39 is 23.2 Å². The summed E-state index contributed by atoms with van der Waals surface area (Å²) in [6.07, 6.45) is 1.74. The van der Waals surface area contributed by atoms with Crippen LogP contribution in [-0.2, 0) is 11.3 Å². The highest BCUT2D eigenvalue weighted by Gasteiger charge is 2.35. The lowest BCUT2D eigenvalue weighted by atomic mass is 9.94. The van der Waals surface area contributed by atoms with Crippen molar-refractivity contribution in [2.45, 2.75) is 45.7 Å². The molecule has 1 aliphatic rings. The van der Waals surface area contributed by atoms with Gasteiger partial charge in [0, 0.05) is 19.9 Å². The van der Waals surface area contributed by atoms with Crippen LogP contribution in [0.15, 0.2) is 57.2 Å². The molecule has 1 aliphatic heterocycles. The first-order valence-electron chi connectivity index (χ1n) is 10.3. The Bertz CT molecular complexity index is 1300. The number of unbranched alkanes of at least 4 members (excludes halogenated alkanes) is 1. The lowest BCUT2D eigenvalue weighted by Crippen LogP contribution is -2.33. The Balaban J connectivity index is 1.82. The van der Waals surface area contributed by atoms with E-state index in [0.717, 1.165) is 27.3 Å². The zero-order valence-corrected chi connectivity index (χ0v) is 17.5. The van der Waals surface area contributed by atoms with Gasteiger partial charge in [-0.3, -0.25) is 19.1 Å². The molecule has 0 saturated carbocycles. The van der Waals surface area contributed by atoms with E-state index in [1.54, 1.807) is 0 Å². The van der Waals surface area contributed by atoms with Gasteiger partial charge in [0.1, 0.15) is 5.56 Å². The van der Waals surface area contributed by atoms with Crippen LogP contribution in [0.3, 0.4) is 0 Å². The minimum absolute atomic E-state index is 0.0651. The molecule has 31 heavy (non-hydrogen) atoms. The number of nitrogens with zero attached hydrogens (tertiary/aromatic N) is 3. The van der Waals surface area contributed by atoms with Gasteiger partial charge < -0.3 is 5.11 Å². The van der Waals surface area contributed by atoms with Gasteiger partial charge in [-0.25, -0.2) is 9.80 Å². The lowest BCUT2D eigenvalue weighted by Gasteiger charge is -2.22. The number of aromatic nitrogens is 2. The molecule has 2 aromatic carbocycles. The van der Waals surface area contributed by atoms with Gasteiger partial charge in [-0.1, -0.05) is 55.8 Å². The number of aromatic hydroxyl groups is 1. The lowest BCUT2D eigenvalue weighted by molar-refractivity contribution is -0.130. The molecule has 0 aliphatic carbocycles. The fraction of sp³-hybridized carbons (Fsp3) is 0.304. The molecule has 0 saturated heterocycles. The Hall–Kier alpha value is -3.68. The zero-order valence-electron chi connectivity index (χ0n) is 17.5. The maximum atomic E-state index is 12.6. The van der Waals surface area contributed by atoms with E-state index in [1.165, 1.54) is 11.9 Å². The fourth-order valence-electron chi connectivity index (χ4n) is 4.08. The van der Waals surface area contributed by atoms with Crippen molar-refractivity contribution in [3.8, 4) is 5.88 Å². The summed E-state index contributed by atoms with van der Waals surface area (Å²) >= 11 is 0. The van der Waals surface area contributed by atoms with Crippen LogP contribution < -0.4 is 11.2 Å². The molecule has 1 amide bonds. The molecule has 160 valence electrons. The van der Waals surface area contributed by atoms with Gasteiger partial charge in [0.25, 0.3) is 5.56 Å². The van der Waals surface area contributed by atoms with Crippen LogP contribution in [0.2, 0.25) is 0 Å². The van der Waals surface area contributed by atoms with Gasteiger partial charge in [-0.2, -0.15) is 5.10 Å². The standard InChI is InChI=1S/C23H24N4O4/c1-3-4-12-26-22(30)20(21(29)24-23(26)31)18-13-19(27(25-18)14(2)28)17-11-7-9-15-8-5-6-10-16(15)17/h5-11,19,30H,3-4,12-13H2,1-2H3,(H,24,29,31)/t19-/m1/s1. The van der Waals surface area contributed by atoms with Crippen LogP contribution in [0.4, 0.5) is 0 Å². The van der Waals surface area contributed by atoms with Gasteiger partial charge in [0.05, 0.1) is 11.8 Å². The summed E-state index contributed by atoms with van der Waals surface area (Å²) < 4.78 is 1.14. The number of hydrazone groups is 1. The van der Waals surface area contributed by atoms with Crippen molar-refractivity contribution in [2.24, 2.45) is 5.10 Å². The number of hydrogen-bond acceptors (Lipinski definition) is 5. The van der Waals surface area contributed by atoms with E-state index in [-0.39, 0.29) is 30.1 Å². The van der Waals surface area contributed by atoms with Gasteiger partial charge in [0.15, 0.2) is 0 Å². The van der Waals surface area contributed by atoms with Crippen LogP contribution in [-0.4, -0.2) is 31.3 Å². The number of amides is 1. The van der Waals surface area contributed by atoms with Crippen molar-refractivity contribution in [2.75, 3.05) is 0 Å². The molecule has 4 rings (SSSR count). The number of aromatic amines is 1. The number of hydrogen-bond donors (Lipinski definition) is 2. The van der Waals surface area contributed by atoms with Crippen molar-refractivity contribution >= 4 is 22.4 Å². The van der Waals surface area contributed by atoms with E-state index >= 15 is 0 Å². The molecule has 1 atom stereocenters. The first kappa shape index (κ1) is 20.6. The predicted molar refractivity (Wildman–Crippen MR) is 118 cm³/mol. The van der Waals surface area contributed by atoms with Gasteiger partial charge in [0.2, 0.25) is 11.8 Å². The molecule has 0 unspecified atom stereocenters. The Kier molecular flexibility index (Phi) is 5.46. The Morgan fingerprint density at radius 1 is 1.19 bits per heavy atom. The summed E-state index contributed by atoms with van der Waals surface area (Å²) in [5, 5.41) is 18.5. The summed E-state index contributed by atoms with van der Waals surface area (Å²) in [6, 6.07) is 13.3. The molecule has 8 heteroatoms. The number of fused-ring (bicyclic) bond motifs is 1. The average Bonchev–Trinajstić information content (AvgIpc) is 3.18. The van der Waals surface area contributed by atoms with Crippen molar-refractivity contribution in [3.63, 3.8) is 0 Å². The maximum Gasteiger partial charge on any atom is 0.331 e. The molecular weight excluding hydrogens is 396 g/mol. The third kappa shape index (κ3) is 3.65. The van der Waals surface area contributed by atoms with Crippen molar-refractivity contribution in [1.82, 2.24) is 14.6 Å². The van der Waals surface area contributed by atoms with Crippen LogP contribution in [0, 0.1) is 0 Å². The minimum atomic E-state index is -0.712. The van der Waals surface area contributed by atoms with Crippen LogP contribution in [0.5, 0.6) is 5.88 Å². The first-order chi connectivity index (χ1) is 14.9. The summed E-state index contributed by atoms with van der Waals surface area (Å²) in [6.45, 7) is 3.66. The molecule has 0 bridgehead atoms. The van der Waals surface area contributed by atoms with Gasteiger partial charge >= 0.3 is 5.69 Å². The van der Waals surface area contributed by atoms with Gasteiger partial charge in [-0.15, -0.1) is 0 Å². The molecule has 0 radical (unpaired) electrons. The Morgan fingerprint density at radius 2 is 1.94 bits per heavy atom. The molecule has 1 aromatic heterocycles. The highest BCUT2D eigenvalue weighted by atomic mass is 16.3. The predicted octanol–water partition coefficient (Wildman–Crippen LogP) is 2.89. The van der Waals surface area contributed by atoms with E-state index in [4.69, 9.17) is 0 Å². The third-order valence-electron chi connectivity index (χ3n) is 5.61. The second-order valence-electron chi connectivity index (χ2n) is 7.66. The maximum absolute atomic E-state index is 12.6. The van der Waals surface area contributed by atoms with E-state index in [0.29, 0.717) is 6.42 Å². The number of carbonyl (C=O) groups is 1. The number of nitrogens with one attached hydrogen (secondary N) is 1. The minimum Gasteiger partial charge on any atom is -0.494 e. The molecule has 8 nitrogen and oxygen atoms in total. The van der Waals surface area contributed by atoms with Crippen molar-refractivity contribution in [3.05, 3.63) is 74.4 Å². The summed E-state index contributed by atoms with van der Waals surface area (Å²) in [5.74, 6) is -0.689. The van der Waals surface area contributed by atoms with E-state index in [2.05, 4.69) is 10.1 Å². The summed E-state index contributed by atoms with van der Waals surface area (Å²) in [4.78, 5) is 39.4. The van der Waals surface area contributed by atoms with Crippen LogP contribution in [0.25, 0.3) is 10.8 Å². The molecule has 2 N–H and O–H groups in total. The van der Waals surface area contributed by atoms with Crippen molar-refractivity contribution in [1.29, 1.82) is 0 Å². The molecule has 0 fully saturated rings. The first-order valence-corrected chi connectivity index (χ1v) is 10.3. The van der Waals surface area contributed by atoms with Crippen molar-refractivity contribution < 1.29 is 9.90 Å². The third-order valence-corrected chi connectivity index (χ3v) is 5.61. The Morgan fingerprint density at radius 3 is 2.68 bits per heavy atom. The number of H-pyrrole nitrogens is 1. The average molecular weight is 420 g/mol. The highest BCUT2D eigenvalue weighted by molar-refractivity contribution is 6.04. The van der Waals surface area contributed by atoms with Gasteiger partial charge in [-0.05, 0) is 22.8 Å². The summed E-state index contributed by atoms with van der Waals surface area (Å²) in [5.41, 5.74) is -0.257. The molecular formula is C23H24N4O4. The molecule has 0 spiro atoms. The fourth-order valence-corrected chi connectivity index (χ4v) is 4.08. The summed E-state index contributed by atoms with van der Waals surface area (Å²) in [7, 11) is 0. The largest absolute Gasteiger partial charge is 0.494 e. The van der Waals surface area contributed by atoms with E-state index in [1.807, 2.05) is 49.4 Å². The normalized spacial score (nSPS) is 16.0. The number of benzene rings is 2. The molecule has 2 heterocycles. The highest BCUT2D eigenvalue weighted by Crippen LogP contribution is 2.36. The smallest absolute Gasteiger partial charge is 0.331 e. The van der Waals surface area contributed by atoms with Crippen LogP contribution in [0.1, 0.15) is 50.3 Å². The monoisotopic (exact) mass is 420 g/mol. The quantitative estimate of drug-likeness (QED) is 0.662. The number of rotatable bonds is 5. The van der Waals surface area contributed by atoms with Crippen LogP contribution >= 0.6 is 0 Å². The SMILES string of the molecule is CCCCn1c(O)c(C2=NN(C(C)=O)[C@@H](c3cccc4ccccc34)C2)c(=O)[nH]c1=O.